The second-order valence-electron chi connectivity index (χ2n) is 4.81. The highest BCUT2D eigenvalue weighted by molar-refractivity contribution is 7.89. The molecule has 0 bridgehead atoms. The number of nitrogens with two attached hydrogens (primary N) is 1. The normalized spacial score (nSPS) is 11.6. The molecule has 5 nitrogen and oxygen atoms in total. The summed E-state index contributed by atoms with van der Waals surface area (Å²) >= 11 is 0. The van der Waals surface area contributed by atoms with Gasteiger partial charge in [-0.2, -0.15) is 0 Å². The lowest BCUT2D eigenvalue weighted by Crippen LogP contribution is -2.23. The summed E-state index contributed by atoms with van der Waals surface area (Å²) in [5.74, 6) is 0. The molecular weight excluding hydrogens is 286 g/mol. The third-order valence-electron chi connectivity index (χ3n) is 3.09. The van der Waals surface area contributed by atoms with Gasteiger partial charge in [0.25, 0.3) is 0 Å². The molecule has 21 heavy (non-hydrogen) atoms. The molecule has 0 amide bonds. The smallest absolute Gasteiger partial charge is 0.244 e. The van der Waals surface area contributed by atoms with Crippen molar-refractivity contribution in [1.29, 1.82) is 0 Å². The zero-order chi connectivity index (χ0) is 15.5. The van der Waals surface area contributed by atoms with Crippen molar-refractivity contribution in [3.8, 4) is 0 Å². The lowest BCUT2D eigenvalue weighted by molar-refractivity contribution is 0.521. The molecule has 0 radical (unpaired) electrons. The van der Waals surface area contributed by atoms with Crippen molar-refractivity contribution < 1.29 is 8.42 Å². The van der Waals surface area contributed by atoms with Crippen LogP contribution in [0.5, 0.6) is 0 Å². The predicted octanol–water partition coefficient (Wildman–Crippen LogP) is 2.14. The fourth-order valence-corrected chi connectivity index (χ4v) is 2.96. The van der Waals surface area contributed by atoms with Crippen LogP contribution in [0.15, 0.2) is 53.4 Å². The molecule has 0 aromatic heterocycles. The van der Waals surface area contributed by atoms with Crippen molar-refractivity contribution in [3.63, 3.8) is 0 Å². The Morgan fingerprint density at radius 3 is 2.48 bits per heavy atom. The van der Waals surface area contributed by atoms with Gasteiger partial charge in [-0.1, -0.05) is 24.3 Å². The first kappa shape index (κ1) is 15.5. The zero-order valence-electron chi connectivity index (χ0n) is 12.1. The van der Waals surface area contributed by atoms with Crippen LogP contribution in [0.3, 0.4) is 0 Å². The number of nitrogens with one attached hydrogen (secondary N) is 1. The van der Waals surface area contributed by atoms with E-state index in [0.29, 0.717) is 12.2 Å². The van der Waals surface area contributed by atoms with Crippen molar-refractivity contribution in [3.05, 3.63) is 54.1 Å². The van der Waals surface area contributed by atoms with Crippen LogP contribution in [0.1, 0.15) is 5.56 Å². The molecule has 2 aromatic carbocycles. The summed E-state index contributed by atoms with van der Waals surface area (Å²) in [6.07, 6.45) is 0. The molecule has 0 saturated carbocycles. The Morgan fingerprint density at radius 2 is 1.81 bits per heavy atom. The number of hydrogen-bond donors (Lipinski definition) is 2. The van der Waals surface area contributed by atoms with Gasteiger partial charge in [0, 0.05) is 26.3 Å². The molecule has 0 atom stereocenters. The first-order valence-corrected chi connectivity index (χ1v) is 7.97. The summed E-state index contributed by atoms with van der Waals surface area (Å²) in [5, 5.41) is 3.15. The van der Waals surface area contributed by atoms with Crippen molar-refractivity contribution in [2.45, 2.75) is 11.4 Å². The predicted molar refractivity (Wildman–Crippen MR) is 84.9 cm³/mol. The molecule has 6 heteroatoms. The molecule has 0 spiro atoms. The van der Waals surface area contributed by atoms with Crippen LogP contribution in [0.4, 0.5) is 11.4 Å². The number of nitrogens with zero attached hydrogens (tertiary/aromatic N) is 1. The quantitative estimate of drug-likeness (QED) is 0.887. The van der Waals surface area contributed by atoms with Gasteiger partial charge in [-0.25, -0.2) is 12.7 Å². The molecule has 0 saturated heterocycles. The molecule has 3 N–H and O–H groups in total. The van der Waals surface area contributed by atoms with Gasteiger partial charge in [-0.3, -0.25) is 0 Å². The van der Waals surface area contributed by atoms with Crippen LogP contribution in [0.2, 0.25) is 0 Å². The number of hydrogen-bond acceptors (Lipinski definition) is 4. The summed E-state index contributed by atoms with van der Waals surface area (Å²) < 4.78 is 25.9. The van der Waals surface area contributed by atoms with E-state index < -0.39 is 10.0 Å². The van der Waals surface area contributed by atoms with Crippen molar-refractivity contribution in [2.75, 3.05) is 19.4 Å². The van der Waals surface area contributed by atoms with Crippen LogP contribution < -0.4 is 11.1 Å². The number of para-hydroxylation sites is 1. The molecule has 0 fully saturated rings. The van der Waals surface area contributed by atoms with E-state index in [0.717, 1.165) is 11.3 Å². The van der Waals surface area contributed by atoms with E-state index in [1.807, 2.05) is 24.3 Å². The minimum atomic E-state index is -3.50. The first-order valence-electron chi connectivity index (χ1n) is 6.52. The Balaban J connectivity index is 2.41. The average Bonchev–Trinajstić information content (AvgIpc) is 2.47. The third kappa shape index (κ3) is 3.41. The van der Waals surface area contributed by atoms with E-state index in [1.54, 1.807) is 24.3 Å². The lowest BCUT2D eigenvalue weighted by atomic mass is 10.2. The van der Waals surface area contributed by atoms with Gasteiger partial charge in [0.2, 0.25) is 10.0 Å². The van der Waals surface area contributed by atoms with E-state index in [4.69, 9.17) is 5.73 Å². The van der Waals surface area contributed by atoms with Crippen LogP contribution in [0, 0.1) is 0 Å². The first-order chi connectivity index (χ1) is 9.95. The number of rotatable bonds is 5. The van der Waals surface area contributed by atoms with Crippen LogP contribution in [0.25, 0.3) is 0 Å². The van der Waals surface area contributed by atoms with E-state index in [-0.39, 0.29) is 4.90 Å². The highest BCUT2D eigenvalue weighted by atomic mass is 32.2. The number of anilines is 2. The Kier molecular flexibility index (Phi) is 4.62. The highest BCUT2D eigenvalue weighted by Crippen LogP contribution is 2.26. The van der Waals surface area contributed by atoms with Crippen LogP contribution in [-0.4, -0.2) is 26.8 Å². The van der Waals surface area contributed by atoms with Crippen molar-refractivity contribution >= 4 is 21.4 Å². The minimum absolute atomic E-state index is 0.244. The van der Waals surface area contributed by atoms with Crippen molar-refractivity contribution in [2.24, 2.45) is 5.73 Å². The van der Waals surface area contributed by atoms with E-state index in [2.05, 4.69) is 5.32 Å². The summed E-state index contributed by atoms with van der Waals surface area (Å²) in [7, 11) is -0.467. The lowest BCUT2D eigenvalue weighted by Gasteiger charge is -2.16. The van der Waals surface area contributed by atoms with Crippen molar-refractivity contribution in [1.82, 2.24) is 4.31 Å². The minimum Gasteiger partial charge on any atom is -0.354 e. The average molecular weight is 305 g/mol. The molecule has 0 aliphatic carbocycles. The summed E-state index contributed by atoms with van der Waals surface area (Å²) in [4.78, 5) is 0.244. The molecule has 0 aliphatic rings. The van der Waals surface area contributed by atoms with Gasteiger partial charge < -0.3 is 11.1 Å². The standard InChI is InChI=1S/C15H19N3O2S/c1-18(2)21(19,20)15-9-4-3-8-14(15)17-13-7-5-6-12(10-13)11-16/h3-10,17H,11,16H2,1-2H3. The maximum atomic E-state index is 12.3. The SMILES string of the molecule is CN(C)S(=O)(=O)c1ccccc1Nc1cccc(CN)c1. The van der Waals surface area contributed by atoms with E-state index in [9.17, 15) is 8.42 Å². The maximum Gasteiger partial charge on any atom is 0.244 e. The van der Waals surface area contributed by atoms with E-state index >= 15 is 0 Å². The van der Waals surface area contributed by atoms with Gasteiger partial charge >= 0.3 is 0 Å². The Morgan fingerprint density at radius 1 is 1.10 bits per heavy atom. The Labute approximate surface area is 125 Å². The second kappa shape index (κ2) is 6.26. The molecule has 2 aromatic rings. The van der Waals surface area contributed by atoms with Gasteiger partial charge in [-0.15, -0.1) is 0 Å². The molecular formula is C15H19N3O2S. The fraction of sp³-hybridized carbons (Fsp3) is 0.200. The van der Waals surface area contributed by atoms with Gasteiger partial charge in [0.05, 0.1) is 5.69 Å². The summed E-state index contributed by atoms with van der Waals surface area (Å²) in [6, 6.07) is 14.4. The van der Waals surface area contributed by atoms with Gasteiger partial charge in [-0.05, 0) is 29.8 Å². The highest BCUT2D eigenvalue weighted by Gasteiger charge is 2.20. The van der Waals surface area contributed by atoms with Gasteiger partial charge in [0.15, 0.2) is 0 Å². The van der Waals surface area contributed by atoms with Crippen LogP contribution in [-0.2, 0) is 16.6 Å². The Hall–Kier alpha value is -1.89. The second-order valence-corrected chi connectivity index (χ2v) is 6.93. The van der Waals surface area contributed by atoms with Gasteiger partial charge in [0.1, 0.15) is 4.90 Å². The molecule has 112 valence electrons. The largest absolute Gasteiger partial charge is 0.354 e. The fourth-order valence-electron chi connectivity index (χ4n) is 1.92. The molecule has 0 unspecified atom stereocenters. The van der Waals surface area contributed by atoms with E-state index in [1.165, 1.54) is 18.4 Å². The zero-order valence-corrected chi connectivity index (χ0v) is 12.9. The number of sulfonamides is 1. The molecule has 0 heterocycles. The molecule has 2 rings (SSSR count). The third-order valence-corrected chi connectivity index (χ3v) is 4.96. The summed E-state index contributed by atoms with van der Waals surface area (Å²) in [5.41, 5.74) is 7.95. The Bertz CT molecular complexity index is 727. The monoisotopic (exact) mass is 305 g/mol. The number of benzene rings is 2. The maximum absolute atomic E-state index is 12.3. The topological polar surface area (TPSA) is 75.4 Å². The molecule has 0 aliphatic heterocycles. The summed E-state index contributed by atoms with van der Waals surface area (Å²) in [6.45, 7) is 0.438. The van der Waals surface area contributed by atoms with Crippen LogP contribution >= 0.6 is 0 Å².